The second-order valence-corrected chi connectivity index (χ2v) is 6.40. The molecular formula is C17H27NO. The minimum Gasteiger partial charge on any atom is -0.374 e. The summed E-state index contributed by atoms with van der Waals surface area (Å²) in [5.74, 6) is 3.55. The first kappa shape index (κ1) is 14.6. The smallest absolute Gasteiger partial charge is 0.0743 e. The molecule has 0 N–H and O–H groups in total. The van der Waals surface area contributed by atoms with E-state index in [1.807, 2.05) is 0 Å². The third-order valence-electron chi connectivity index (χ3n) is 4.80. The van der Waals surface area contributed by atoms with Crippen molar-refractivity contribution in [2.24, 2.45) is 5.92 Å². The molecule has 0 radical (unpaired) electrons. The van der Waals surface area contributed by atoms with Gasteiger partial charge >= 0.3 is 0 Å². The Bertz CT molecular complexity index is 393. The van der Waals surface area contributed by atoms with E-state index in [-0.39, 0.29) is 5.54 Å². The minimum absolute atomic E-state index is 0.0871. The quantitative estimate of drug-likeness (QED) is 0.571. The molecule has 0 spiro atoms. The molecule has 0 aromatic rings. The van der Waals surface area contributed by atoms with E-state index in [2.05, 4.69) is 44.7 Å². The van der Waals surface area contributed by atoms with Crippen molar-refractivity contribution in [3.63, 3.8) is 0 Å². The molecule has 1 unspecified atom stereocenters. The maximum absolute atomic E-state index is 6.03. The van der Waals surface area contributed by atoms with E-state index >= 15 is 0 Å². The van der Waals surface area contributed by atoms with Crippen molar-refractivity contribution in [2.75, 3.05) is 13.6 Å². The third-order valence-corrected chi connectivity index (χ3v) is 4.80. The number of likely N-dealkylation sites (N-methyl/N-ethyl adjacent to an activating group) is 1. The Balaban J connectivity index is 2.26. The number of fused-ring (bicyclic) bond motifs is 1. The zero-order chi connectivity index (χ0) is 14.0. The summed E-state index contributed by atoms with van der Waals surface area (Å²) < 4.78 is 6.03. The van der Waals surface area contributed by atoms with Crippen LogP contribution in [0.2, 0.25) is 0 Å². The Hall–Kier alpha value is -0.780. The van der Waals surface area contributed by atoms with E-state index in [4.69, 9.17) is 11.2 Å². The van der Waals surface area contributed by atoms with Gasteiger partial charge in [-0.05, 0) is 46.1 Å². The SMILES string of the molecule is C#CC[C@]12C(=CCC[C@H]1C)CC(OC(C)C)CN2C. The molecule has 0 amide bonds. The molecule has 2 aliphatic rings. The van der Waals surface area contributed by atoms with Gasteiger partial charge in [-0.2, -0.15) is 0 Å². The van der Waals surface area contributed by atoms with Crippen LogP contribution in [0.4, 0.5) is 0 Å². The van der Waals surface area contributed by atoms with Crippen LogP contribution in [0.5, 0.6) is 0 Å². The van der Waals surface area contributed by atoms with Crippen molar-refractivity contribution in [1.29, 1.82) is 0 Å². The number of likely N-dealkylation sites (tertiary alicyclic amines) is 1. The third kappa shape index (κ3) is 2.59. The van der Waals surface area contributed by atoms with Gasteiger partial charge in [0.05, 0.1) is 17.7 Å². The van der Waals surface area contributed by atoms with Crippen molar-refractivity contribution in [1.82, 2.24) is 4.90 Å². The van der Waals surface area contributed by atoms with Crippen LogP contribution in [0.3, 0.4) is 0 Å². The van der Waals surface area contributed by atoms with E-state index in [1.54, 1.807) is 0 Å². The number of nitrogens with zero attached hydrogens (tertiary/aromatic N) is 1. The first-order chi connectivity index (χ1) is 9.00. The lowest BCUT2D eigenvalue weighted by atomic mass is 9.66. The Labute approximate surface area is 118 Å². The highest BCUT2D eigenvalue weighted by Gasteiger charge is 2.48. The summed E-state index contributed by atoms with van der Waals surface area (Å²) in [6.07, 6.45) is 13.0. The number of allylic oxidation sites excluding steroid dienone is 1. The summed E-state index contributed by atoms with van der Waals surface area (Å²) in [6.45, 7) is 7.56. The molecule has 1 saturated heterocycles. The van der Waals surface area contributed by atoms with E-state index < -0.39 is 0 Å². The number of ether oxygens (including phenoxy) is 1. The fourth-order valence-electron chi connectivity index (χ4n) is 3.95. The molecule has 1 heterocycles. The highest BCUT2D eigenvalue weighted by atomic mass is 16.5. The van der Waals surface area contributed by atoms with Crippen molar-refractivity contribution >= 4 is 0 Å². The second kappa shape index (κ2) is 5.69. The summed E-state index contributed by atoms with van der Waals surface area (Å²) in [5.41, 5.74) is 1.60. The Morgan fingerprint density at radius 2 is 2.32 bits per heavy atom. The highest BCUT2D eigenvalue weighted by Crippen LogP contribution is 2.46. The second-order valence-electron chi connectivity index (χ2n) is 6.40. The first-order valence-electron chi connectivity index (χ1n) is 7.50. The predicted octanol–water partition coefficient (Wildman–Crippen LogP) is 3.23. The van der Waals surface area contributed by atoms with E-state index in [0.717, 1.165) is 19.4 Å². The molecule has 0 saturated carbocycles. The molecule has 1 fully saturated rings. The topological polar surface area (TPSA) is 12.5 Å². The van der Waals surface area contributed by atoms with Crippen molar-refractivity contribution in [2.45, 2.75) is 64.2 Å². The summed E-state index contributed by atoms with van der Waals surface area (Å²) in [6, 6.07) is 0. The molecule has 0 bridgehead atoms. The number of hydrogen-bond acceptors (Lipinski definition) is 2. The molecule has 0 aromatic heterocycles. The van der Waals surface area contributed by atoms with E-state index in [9.17, 15) is 0 Å². The van der Waals surface area contributed by atoms with Gasteiger partial charge in [0.15, 0.2) is 0 Å². The van der Waals surface area contributed by atoms with E-state index in [1.165, 1.54) is 18.4 Å². The van der Waals surface area contributed by atoms with Crippen LogP contribution >= 0.6 is 0 Å². The first-order valence-corrected chi connectivity index (χ1v) is 7.50. The van der Waals surface area contributed by atoms with Gasteiger partial charge in [-0.3, -0.25) is 4.90 Å². The van der Waals surface area contributed by atoms with Crippen molar-refractivity contribution in [3.05, 3.63) is 11.6 Å². The average Bonchev–Trinajstić information content (AvgIpc) is 2.31. The maximum Gasteiger partial charge on any atom is 0.0743 e. The summed E-state index contributed by atoms with van der Waals surface area (Å²) in [5, 5.41) is 0. The van der Waals surface area contributed by atoms with Gasteiger partial charge in [-0.1, -0.05) is 18.6 Å². The predicted molar refractivity (Wildman–Crippen MR) is 79.9 cm³/mol. The molecule has 2 nitrogen and oxygen atoms in total. The molecule has 19 heavy (non-hydrogen) atoms. The molecule has 0 aromatic carbocycles. The molecule has 1 aliphatic heterocycles. The van der Waals surface area contributed by atoms with Gasteiger partial charge in [0.25, 0.3) is 0 Å². The number of hydrogen-bond donors (Lipinski definition) is 0. The Morgan fingerprint density at radius 1 is 1.58 bits per heavy atom. The van der Waals surface area contributed by atoms with Gasteiger partial charge in [-0.15, -0.1) is 12.3 Å². The van der Waals surface area contributed by atoms with Crippen LogP contribution in [0.25, 0.3) is 0 Å². The van der Waals surface area contributed by atoms with Crippen LogP contribution in [0.1, 0.15) is 46.5 Å². The van der Waals surface area contributed by atoms with Gasteiger partial charge < -0.3 is 4.74 Å². The number of piperidine rings is 1. The van der Waals surface area contributed by atoms with Gasteiger partial charge in [-0.25, -0.2) is 0 Å². The zero-order valence-electron chi connectivity index (χ0n) is 12.8. The Kier molecular flexibility index (Phi) is 4.38. The number of rotatable bonds is 3. The fourth-order valence-corrected chi connectivity index (χ4v) is 3.95. The van der Waals surface area contributed by atoms with Crippen LogP contribution < -0.4 is 0 Å². The summed E-state index contributed by atoms with van der Waals surface area (Å²) >= 11 is 0. The zero-order valence-corrected chi connectivity index (χ0v) is 12.8. The summed E-state index contributed by atoms with van der Waals surface area (Å²) in [7, 11) is 2.21. The van der Waals surface area contributed by atoms with Crippen LogP contribution in [-0.4, -0.2) is 36.2 Å². The minimum atomic E-state index is 0.0871. The van der Waals surface area contributed by atoms with Crippen LogP contribution in [0.15, 0.2) is 11.6 Å². The summed E-state index contributed by atoms with van der Waals surface area (Å²) in [4.78, 5) is 2.46. The molecule has 2 rings (SSSR count). The fraction of sp³-hybridized carbons (Fsp3) is 0.765. The molecule has 1 aliphatic carbocycles. The van der Waals surface area contributed by atoms with Crippen LogP contribution in [-0.2, 0) is 4.74 Å². The number of terminal acetylenes is 1. The maximum atomic E-state index is 6.03. The largest absolute Gasteiger partial charge is 0.374 e. The van der Waals surface area contributed by atoms with Gasteiger partial charge in [0.1, 0.15) is 0 Å². The monoisotopic (exact) mass is 261 g/mol. The standard InChI is InChI=1S/C17H27NO/c1-6-10-17-14(4)8-7-9-15(17)11-16(12-18(17)5)19-13(2)3/h1,9,13-14,16H,7-8,10-12H2,2-5H3/t14-,16?,17-/m1/s1. The normalized spacial score (nSPS) is 35.7. The lowest BCUT2D eigenvalue weighted by molar-refractivity contribution is -0.0575. The molecular weight excluding hydrogens is 234 g/mol. The highest BCUT2D eigenvalue weighted by molar-refractivity contribution is 5.31. The lowest BCUT2D eigenvalue weighted by Crippen LogP contribution is -2.60. The van der Waals surface area contributed by atoms with Crippen molar-refractivity contribution in [3.8, 4) is 12.3 Å². The average molecular weight is 261 g/mol. The molecule has 3 atom stereocenters. The van der Waals surface area contributed by atoms with Crippen molar-refractivity contribution < 1.29 is 4.74 Å². The van der Waals surface area contributed by atoms with Gasteiger partial charge in [0, 0.05) is 13.0 Å². The molecule has 2 heteroatoms. The van der Waals surface area contributed by atoms with Crippen LogP contribution in [0, 0.1) is 18.3 Å². The Morgan fingerprint density at radius 3 is 2.95 bits per heavy atom. The molecule has 106 valence electrons. The van der Waals surface area contributed by atoms with E-state index in [0.29, 0.717) is 18.1 Å². The van der Waals surface area contributed by atoms with Gasteiger partial charge in [0.2, 0.25) is 0 Å². The lowest BCUT2D eigenvalue weighted by Gasteiger charge is -2.54.